The van der Waals surface area contributed by atoms with Crippen LogP contribution in [0.4, 0.5) is 17.3 Å². The van der Waals surface area contributed by atoms with E-state index in [-0.39, 0.29) is 31.3 Å². The fourth-order valence-electron chi connectivity index (χ4n) is 5.21. The topological polar surface area (TPSA) is 37.4 Å². The van der Waals surface area contributed by atoms with Gasteiger partial charge in [0.15, 0.2) is 0 Å². The number of carbonyl (C=O) groups excluding carboxylic acids is 2. The Morgan fingerprint density at radius 3 is 1.11 bits per heavy atom. The van der Waals surface area contributed by atoms with Gasteiger partial charge in [0.2, 0.25) is 0 Å². The molecule has 1 radical (unpaired) electrons. The third kappa shape index (κ3) is 9.43. The molecule has 0 unspecified atom stereocenters. The minimum Gasteiger partial charge on any atom is -0.418 e. The summed E-state index contributed by atoms with van der Waals surface area (Å²) in [6.07, 6.45) is 18.8. The Morgan fingerprint density at radius 1 is 0.667 bits per heavy atom. The van der Waals surface area contributed by atoms with E-state index in [2.05, 4.69) is 52.0 Å². The zero-order valence-electron chi connectivity index (χ0n) is 21.9. The predicted octanol–water partition coefficient (Wildman–Crippen LogP) is 8.27. The van der Waals surface area contributed by atoms with E-state index in [1.165, 1.54) is 56.3 Å². The summed E-state index contributed by atoms with van der Waals surface area (Å²) >= 11 is 0. The monoisotopic (exact) mass is 637 g/mol. The van der Waals surface area contributed by atoms with Crippen LogP contribution in [0.5, 0.6) is 0 Å². The van der Waals surface area contributed by atoms with Crippen LogP contribution in [0.1, 0.15) is 79.1 Å². The molecule has 3 aliphatic heterocycles. The molecule has 2 saturated heterocycles. The van der Waals surface area contributed by atoms with E-state index in [1.54, 1.807) is 7.05 Å². The molecule has 11 heteroatoms. The van der Waals surface area contributed by atoms with Gasteiger partial charge >= 0.3 is 7.25 Å². The van der Waals surface area contributed by atoms with Crippen molar-refractivity contribution >= 4 is 34.9 Å². The molecule has 2 amide bonds. The molecular formula is C25H39BF4NO2P2Rh-. The molecule has 0 aromatic heterocycles. The van der Waals surface area contributed by atoms with Crippen LogP contribution in [0, 0.1) is 0 Å². The quantitative estimate of drug-likeness (QED) is 0.101. The van der Waals surface area contributed by atoms with E-state index < -0.39 is 23.1 Å². The zero-order chi connectivity index (χ0) is 26.3. The molecule has 0 N–H and O–H groups in total. The first-order chi connectivity index (χ1) is 16.3. The van der Waals surface area contributed by atoms with E-state index >= 15 is 0 Å². The molecule has 36 heavy (non-hydrogen) atoms. The maximum atomic E-state index is 12.8. The predicted molar refractivity (Wildman–Crippen MR) is 142 cm³/mol. The first-order valence-electron chi connectivity index (χ1n) is 12.6. The van der Waals surface area contributed by atoms with Crippen LogP contribution < -0.4 is 0 Å². The van der Waals surface area contributed by atoms with Crippen molar-refractivity contribution in [1.29, 1.82) is 0 Å². The second kappa shape index (κ2) is 15.3. The van der Waals surface area contributed by atoms with Gasteiger partial charge in [-0.25, -0.2) is 0 Å². The van der Waals surface area contributed by atoms with Crippen molar-refractivity contribution in [3.05, 3.63) is 34.9 Å². The average molecular weight is 637 g/mol. The van der Waals surface area contributed by atoms with Crippen molar-refractivity contribution in [2.45, 2.75) is 102 Å². The zero-order valence-corrected chi connectivity index (χ0v) is 25.3. The second-order valence-electron chi connectivity index (χ2n) is 9.82. The fraction of sp³-hybridized carbons (Fsp3) is 0.680. The molecule has 0 aromatic rings. The summed E-state index contributed by atoms with van der Waals surface area (Å²) in [6, 6.07) is 0. The Kier molecular flexibility index (Phi) is 14.3. The Labute approximate surface area is 229 Å². The van der Waals surface area contributed by atoms with Gasteiger partial charge in [-0.05, 0) is 74.0 Å². The molecule has 3 nitrogen and oxygen atoms in total. The summed E-state index contributed by atoms with van der Waals surface area (Å²) in [5.74, 6) is 0.0565. The van der Waals surface area contributed by atoms with E-state index in [4.69, 9.17) is 0 Å². The summed E-state index contributed by atoms with van der Waals surface area (Å²) in [5, 5.41) is 1.96. The molecule has 207 valence electrons. The summed E-state index contributed by atoms with van der Waals surface area (Å²) in [6.45, 7) is 9.13. The first-order valence-corrected chi connectivity index (χ1v) is 15.6. The van der Waals surface area contributed by atoms with Crippen LogP contribution >= 0.6 is 15.8 Å². The number of rotatable bonds is 2. The van der Waals surface area contributed by atoms with E-state index in [0.29, 0.717) is 22.6 Å². The summed E-state index contributed by atoms with van der Waals surface area (Å²) in [5.41, 5.74) is 2.34. The van der Waals surface area contributed by atoms with E-state index in [1.807, 2.05) is 0 Å². The number of hydrogen-bond acceptors (Lipinski definition) is 2. The Bertz CT molecular complexity index is 754. The number of allylic oxidation sites excluding steroid dienone is 4. The van der Waals surface area contributed by atoms with Crippen LogP contribution in [0.2, 0.25) is 0 Å². The molecule has 0 aromatic carbocycles. The molecule has 4 rings (SSSR count). The molecule has 3 heterocycles. The third-order valence-corrected chi connectivity index (χ3v) is 13.9. The maximum Gasteiger partial charge on any atom is 0.673 e. The summed E-state index contributed by atoms with van der Waals surface area (Å²) < 4.78 is 39.0. The van der Waals surface area contributed by atoms with Gasteiger partial charge in [-0.1, -0.05) is 67.8 Å². The molecule has 4 atom stereocenters. The smallest absolute Gasteiger partial charge is 0.418 e. The van der Waals surface area contributed by atoms with Crippen LogP contribution in [-0.2, 0) is 29.1 Å². The van der Waals surface area contributed by atoms with Crippen molar-refractivity contribution in [2.75, 3.05) is 7.05 Å². The Morgan fingerprint density at radius 2 is 0.889 bits per heavy atom. The van der Waals surface area contributed by atoms with Gasteiger partial charge in [0.1, 0.15) is 0 Å². The van der Waals surface area contributed by atoms with Crippen LogP contribution in [0.3, 0.4) is 0 Å². The molecule has 4 aliphatic rings. The number of nitrogens with zero attached hydrogens (tertiary/aromatic N) is 1. The van der Waals surface area contributed by atoms with Gasteiger partial charge < -0.3 is 17.3 Å². The molecule has 2 fully saturated rings. The van der Waals surface area contributed by atoms with Crippen LogP contribution in [0.15, 0.2) is 34.9 Å². The summed E-state index contributed by atoms with van der Waals surface area (Å²) in [4.78, 5) is 27.1. The number of carbonyl (C=O) groups is 2. The molecule has 0 saturated carbocycles. The standard InChI is InChI=1S/C17H27NO2P2.C8H12.BF4.Rh/c1-10-6-7-11(2)21(10)14-15(17(20)18(5)16(14)19)22-12(3)8-9-13(22)4;1-2-4-6-8-7-5-3-1;2-1(3,4)5;/h10-13H,6-9H2,1-5H3;1-2,7-8H,3-6H2;;/q;;-1;/b;2-1-,8-7-;;/t10-,11-,12-,13-;;;/m0.../s1. The molecule has 1 aliphatic carbocycles. The minimum absolute atomic E-state index is 0. The number of hydrogen-bond donors (Lipinski definition) is 0. The number of amides is 2. The second-order valence-corrected chi connectivity index (χ2v) is 15.9. The number of halogens is 4. The van der Waals surface area contributed by atoms with Gasteiger partial charge in [-0.15, -0.1) is 0 Å². The van der Waals surface area contributed by atoms with Gasteiger partial charge in [-0.3, -0.25) is 14.5 Å². The Hall–Kier alpha value is -0.372. The fourth-order valence-corrected chi connectivity index (χ4v) is 12.5. The van der Waals surface area contributed by atoms with Crippen LogP contribution in [0.25, 0.3) is 0 Å². The normalized spacial score (nSPS) is 31.1. The molecule has 0 spiro atoms. The van der Waals surface area contributed by atoms with Crippen LogP contribution in [-0.4, -0.2) is 53.7 Å². The number of likely N-dealkylation sites (N-methyl/N-ethyl adjacent to an activating group) is 1. The van der Waals surface area contributed by atoms with Crippen molar-refractivity contribution in [2.24, 2.45) is 0 Å². The Balaban J connectivity index is 0.000000383. The molecular weight excluding hydrogens is 598 g/mol. The SMILES string of the molecule is C1=C\CC/C=C\CC/1.C[C@H]1CC[C@H](C)P1C1=C(P2[C@@H](C)CC[C@@H]2C)C(=O)N(C)C1=O.F[B-](F)(F)F.[Rh]. The van der Waals surface area contributed by atoms with Crippen molar-refractivity contribution in [1.82, 2.24) is 4.90 Å². The maximum absolute atomic E-state index is 12.8. The van der Waals surface area contributed by atoms with Crippen molar-refractivity contribution < 1.29 is 46.3 Å². The van der Waals surface area contributed by atoms with Gasteiger partial charge in [0.05, 0.1) is 10.6 Å². The van der Waals surface area contributed by atoms with Gasteiger partial charge in [-0.2, -0.15) is 0 Å². The van der Waals surface area contributed by atoms with E-state index in [0.717, 1.165) is 10.6 Å². The minimum atomic E-state index is -6.00. The van der Waals surface area contributed by atoms with E-state index in [9.17, 15) is 26.9 Å². The summed E-state index contributed by atoms with van der Waals surface area (Å²) in [7, 11) is -5.26. The first kappa shape index (κ1) is 33.7. The number of imide groups is 1. The molecule has 0 bridgehead atoms. The van der Waals surface area contributed by atoms with Gasteiger partial charge in [0.25, 0.3) is 11.8 Å². The third-order valence-electron chi connectivity index (χ3n) is 6.99. The van der Waals surface area contributed by atoms with Gasteiger partial charge in [0, 0.05) is 26.5 Å². The largest absolute Gasteiger partial charge is 0.673 e. The van der Waals surface area contributed by atoms with Crippen molar-refractivity contribution in [3.8, 4) is 0 Å². The average Bonchev–Trinajstić information content (AvgIpc) is 3.30. The van der Waals surface area contributed by atoms with Crippen molar-refractivity contribution in [3.63, 3.8) is 0 Å².